The Labute approximate surface area is 79.8 Å². The Hall–Kier alpha value is -1.01. The summed E-state index contributed by atoms with van der Waals surface area (Å²) in [5.41, 5.74) is -0.270. The molecule has 0 bridgehead atoms. The molecule has 0 aliphatic heterocycles. The Morgan fingerprint density at radius 1 is 1.46 bits per heavy atom. The Morgan fingerprint density at radius 3 is 2.54 bits per heavy atom. The fourth-order valence-corrected chi connectivity index (χ4v) is 0.564. The number of amides is 1. The summed E-state index contributed by atoms with van der Waals surface area (Å²) in [4.78, 5) is 11.1. The molecule has 0 aromatic rings. The monoisotopic (exact) mass is 183 g/mol. The van der Waals surface area contributed by atoms with Gasteiger partial charge in [-0.15, -0.1) is 5.92 Å². The van der Waals surface area contributed by atoms with Crippen LogP contribution in [0, 0.1) is 11.8 Å². The highest BCUT2D eigenvalue weighted by Crippen LogP contribution is 2.05. The minimum absolute atomic E-state index is 0.0922. The van der Waals surface area contributed by atoms with Crippen LogP contribution in [-0.2, 0) is 9.53 Å². The van der Waals surface area contributed by atoms with Crippen molar-refractivity contribution in [1.82, 2.24) is 5.32 Å². The molecule has 0 aliphatic carbocycles. The zero-order valence-electron chi connectivity index (χ0n) is 8.73. The summed E-state index contributed by atoms with van der Waals surface area (Å²) in [6.45, 7) is 7.94. The summed E-state index contributed by atoms with van der Waals surface area (Å²) in [7, 11) is 0. The number of hydrogen-bond donors (Lipinski definition) is 1. The van der Waals surface area contributed by atoms with E-state index < -0.39 is 0 Å². The van der Waals surface area contributed by atoms with Crippen molar-refractivity contribution in [3.8, 4) is 11.8 Å². The minimum Gasteiger partial charge on any atom is -0.366 e. The molecular weight excluding hydrogens is 166 g/mol. The summed E-state index contributed by atoms with van der Waals surface area (Å²) in [5, 5.41) is 2.62. The van der Waals surface area contributed by atoms with Crippen LogP contribution in [0.4, 0.5) is 0 Å². The average molecular weight is 183 g/mol. The molecule has 13 heavy (non-hydrogen) atoms. The molecular formula is C10H17NO2. The SMILES string of the molecule is CC#CCNC(=O)COC(C)(C)C. The van der Waals surface area contributed by atoms with Gasteiger partial charge in [-0.2, -0.15) is 0 Å². The van der Waals surface area contributed by atoms with E-state index in [2.05, 4.69) is 17.2 Å². The Morgan fingerprint density at radius 2 is 2.08 bits per heavy atom. The molecule has 0 rings (SSSR count). The largest absolute Gasteiger partial charge is 0.366 e. The van der Waals surface area contributed by atoms with Crippen LogP contribution in [0.15, 0.2) is 0 Å². The lowest BCUT2D eigenvalue weighted by molar-refractivity contribution is -0.130. The van der Waals surface area contributed by atoms with Crippen molar-refractivity contribution in [1.29, 1.82) is 0 Å². The van der Waals surface area contributed by atoms with E-state index in [-0.39, 0.29) is 18.1 Å². The van der Waals surface area contributed by atoms with Crippen LogP contribution < -0.4 is 5.32 Å². The third kappa shape index (κ3) is 8.90. The van der Waals surface area contributed by atoms with Crippen molar-refractivity contribution in [3.63, 3.8) is 0 Å². The van der Waals surface area contributed by atoms with Gasteiger partial charge in [0.1, 0.15) is 6.61 Å². The second-order valence-corrected chi connectivity index (χ2v) is 3.60. The molecule has 0 heterocycles. The van der Waals surface area contributed by atoms with Gasteiger partial charge in [0.25, 0.3) is 0 Å². The first kappa shape index (κ1) is 12.0. The number of hydrogen-bond acceptors (Lipinski definition) is 2. The smallest absolute Gasteiger partial charge is 0.246 e. The Balaban J connectivity index is 3.56. The van der Waals surface area contributed by atoms with Gasteiger partial charge in [0.15, 0.2) is 0 Å². The highest BCUT2D eigenvalue weighted by Gasteiger charge is 2.11. The maximum absolute atomic E-state index is 11.1. The molecule has 0 aromatic heterocycles. The molecule has 1 N–H and O–H groups in total. The third-order valence-corrected chi connectivity index (χ3v) is 1.19. The zero-order valence-corrected chi connectivity index (χ0v) is 8.73. The molecule has 0 fully saturated rings. The second kappa shape index (κ2) is 5.60. The lowest BCUT2D eigenvalue weighted by Gasteiger charge is -2.18. The maximum atomic E-state index is 11.1. The van der Waals surface area contributed by atoms with E-state index in [1.165, 1.54) is 0 Å². The first-order chi connectivity index (χ1) is 5.95. The highest BCUT2D eigenvalue weighted by molar-refractivity contribution is 5.77. The number of carbonyl (C=O) groups is 1. The first-order valence-electron chi connectivity index (χ1n) is 4.26. The Bertz CT molecular complexity index is 217. The Kier molecular flexibility index (Phi) is 5.17. The van der Waals surface area contributed by atoms with Crippen LogP contribution in [0.5, 0.6) is 0 Å². The number of ether oxygens (including phenoxy) is 1. The fourth-order valence-electron chi connectivity index (χ4n) is 0.564. The summed E-state index contributed by atoms with van der Waals surface area (Å²) in [5.74, 6) is 5.30. The van der Waals surface area contributed by atoms with E-state index in [1.54, 1.807) is 6.92 Å². The highest BCUT2D eigenvalue weighted by atomic mass is 16.5. The van der Waals surface area contributed by atoms with E-state index in [9.17, 15) is 4.79 Å². The van der Waals surface area contributed by atoms with Gasteiger partial charge in [0.2, 0.25) is 5.91 Å². The van der Waals surface area contributed by atoms with Gasteiger partial charge in [-0.05, 0) is 27.7 Å². The van der Waals surface area contributed by atoms with Gasteiger partial charge >= 0.3 is 0 Å². The van der Waals surface area contributed by atoms with Gasteiger partial charge < -0.3 is 10.1 Å². The van der Waals surface area contributed by atoms with Gasteiger partial charge in [0.05, 0.1) is 12.1 Å². The van der Waals surface area contributed by atoms with Gasteiger partial charge in [-0.3, -0.25) is 4.79 Å². The molecule has 0 saturated heterocycles. The second-order valence-electron chi connectivity index (χ2n) is 3.60. The molecule has 0 aromatic carbocycles. The molecule has 3 heteroatoms. The third-order valence-electron chi connectivity index (χ3n) is 1.19. The molecule has 0 saturated carbocycles. The predicted molar refractivity (Wildman–Crippen MR) is 52.2 cm³/mol. The topological polar surface area (TPSA) is 38.3 Å². The van der Waals surface area contributed by atoms with Gasteiger partial charge in [-0.1, -0.05) is 5.92 Å². The molecule has 0 atom stereocenters. The standard InChI is InChI=1S/C10H17NO2/c1-5-6-7-11-9(12)8-13-10(2,3)4/h7-8H2,1-4H3,(H,11,12). The molecule has 0 radical (unpaired) electrons. The van der Waals surface area contributed by atoms with Crippen molar-refractivity contribution in [2.75, 3.05) is 13.2 Å². The van der Waals surface area contributed by atoms with Crippen LogP contribution in [0.25, 0.3) is 0 Å². The van der Waals surface area contributed by atoms with E-state index in [0.29, 0.717) is 6.54 Å². The van der Waals surface area contributed by atoms with Crippen LogP contribution in [-0.4, -0.2) is 24.7 Å². The van der Waals surface area contributed by atoms with Crippen molar-refractivity contribution >= 4 is 5.91 Å². The molecule has 0 spiro atoms. The molecule has 0 aliphatic rings. The molecule has 0 unspecified atom stereocenters. The molecule has 1 amide bonds. The van der Waals surface area contributed by atoms with E-state index in [1.807, 2.05) is 20.8 Å². The van der Waals surface area contributed by atoms with Crippen LogP contribution in [0.1, 0.15) is 27.7 Å². The summed E-state index contributed by atoms with van der Waals surface area (Å²) >= 11 is 0. The minimum atomic E-state index is -0.270. The van der Waals surface area contributed by atoms with Crippen molar-refractivity contribution in [2.24, 2.45) is 0 Å². The first-order valence-corrected chi connectivity index (χ1v) is 4.26. The lowest BCUT2D eigenvalue weighted by Crippen LogP contribution is -2.32. The average Bonchev–Trinajstić information content (AvgIpc) is 2.00. The summed E-state index contributed by atoms with van der Waals surface area (Å²) < 4.78 is 5.26. The summed E-state index contributed by atoms with van der Waals surface area (Å²) in [6, 6.07) is 0. The number of nitrogens with one attached hydrogen (secondary N) is 1. The maximum Gasteiger partial charge on any atom is 0.246 e. The number of carbonyl (C=O) groups excluding carboxylic acids is 1. The summed E-state index contributed by atoms with van der Waals surface area (Å²) in [6.07, 6.45) is 0. The quantitative estimate of drug-likeness (QED) is 0.661. The lowest BCUT2D eigenvalue weighted by atomic mass is 10.2. The number of rotatable bonds is 3. The normalized spacial score (nSPS) is 10.2. The predicted octanol–water partition coefficient (Wildman–Crippen LogP) is 0.941. The van der Waals surface area contributed by atoms with Gasteiger partial charge in [0, 0.05) is 0 Å². The molecule has 74 valence electrons. The fraction of sp³-hybridized carbons (Fsp3) is 0.700. The van der Waals surface area contributed by atoms with E-state index in [4.69, 9.17) is 4.74 Å². The molecule has 3 nitrogen and oxygen atoms in total. The van der Waals surface area contributed by atoms with E-state index >= 15 is 0 Å². The van der Waals surface area contributed by atoms with E-state index in [0.717, 1.165) is 0 Å². The van der Waals surface area contributed by atoms with Gasteiger partial charge in [-0.25, -0.2) is 0 Å². The van der Waals surface area contributed by atoms with Crippen LogP contribution >= 0.6 is 0 Å². The van der Waals surface area contributed by atoms with Crippen molar-refractivity contribution in [2.45, 2.75) is 33.3 Å². The van der Waals surface area contributed by atoms with Crippen LogP contribution in [0.2, 0.25) is 0 Å². The van der Waals surface area contributed by atoms with Crippen LogP contribution in [0.3, 0.4) is 0 Å². The van der Waals surface area contributed by atoms with Crippen molar-refractivity contribution in [3.05, 3.63) is 0 Å². The zero-order chi connectivity index (χ0) is 10.3. The van der Waals surface area contributed by atoms with Crippen molar-refractivity contribution < 1.29 is 9.53 Å².